The second-order valence-corrected chi connectivity index (χ2v) is 3.44. The Morgan fingerprint density at radius 2 is 2.08 bits per heavy atom. The van der Waals surface area contributed by atoms with E-state index in [4.69, 9.17) is 0 Å². The van der Waals surface area contributed by atoms with E-state index in [1.807, 2.05) is 0 Å². The Kier molecular flexibility index (Phi) is 2.00. The third kappa shape index (κ3) is 1.13. The van der Waals surface area contributed by atoms with Crippen molar-refractivity contribution in [3.63, 3.8) is 0 Å². The van der Waals surface area contributed by atoms with Gasteiger partial charge in [0.2, 0.25) is 5.91 Å². The van der Waals surface area contributed by atoms with Gasteiger partial charge in [0, 0.05) is 6.54 Å². The van der Waals surface area contributed by atoms with E-state index < -0.39 is 11.3 Å². The SMILES string of the molecule is CC1(C)C(=O)NCC(C=O)C1=O. The van der Waals surface area contributed by atoms with Crippen molar-refractivity contribution in [3.05, 3.63) is 0 Å². The molecule has 1 saturated heterocycles. The monoisotopic (exact) mass is 169 g/mol. The number of Topliss-reactive ketones (excluding diaryl/α,β-unsaturated/α-hetero) is 1. The lowest BCUT2D eigenvalue weighted by atomic mass is 9.78. The fraction of sp³-hybridized carbons (Fsp3) is 0.625. The molecule has 12 heavy (non-hydrogen) atoms. The highest BCUT2D eigenvalue weighted by Crippen LogP contribution is 2.24. The maximum Gasteiger partial charge on any atom is 0.233 e. The van der Waals surface area contributed by atoms with E-state index in [0.717, 1.165) is 0 Å². The number of rotatable bonds is 1. The lowest BCUT2D eigenvalue weighted by Gasteiger charge is -2.30. The summed E-state index contributed by atoms with van der Waals surface area (Å²) < 4.78 is 0. The predicted octanol–water partition coefficient (Wildman–Crippen LogP) is -0.473. The van der Waals surface area contributed by atoms with Gasteiger partial charge in [0.15, 0.2) is 5.78 Å². The average Bonchev–Trinajstić information content (AvgIpc) is 2.02. The minimum Gasteiger partial charge on any atom is -0.354 e. The predicted molar refractivity (Wildman–Crippen MR) is 41.4 cm³/mol. The number of aldehydes is 1. The highest BCUT2D eigenvalue weighted by atomic mass is 16.2. The minimum absolute atomic E-state index is 0.143. The molecule has 0 radical (unpaired) electrons. The van der Waals surface area contributed by atoms with Crippen LogP contribution in [-0.4, -0.2) is 24.5 Å². The molecule has 4 nitrogen and oxygen atoms in total. The largest absolute Gasteiger partial charge is 0.354 e. The number of hydrogen-bond acceptors (Lipinski definition) is 3. The van der Waals surface area contributed by atoms with E-state index in [1.54, 1.807) is 0 Å². The van der Waals surface area contributed by atoms with Gasteiger partial charge in [-0.25, -0.2) is 0 Å². The van der Waals surface area contributed by atoms with Crippen molar-refractivity contribution in [2.45, 2.75) is 13.8 Å². The van der Waals surface area contributed by atoms with Crippen LogP contribution in [0.2, 0.25) is 0 Å². The van der Waals surface area contributed by atoms with Crippen LogP contribution >= 0.6 is 0 Å². The fourth-order valence-corrected chi connectivity index (χ4v) is 1.20. The maximum atomic E-state index is 11.4. The topological polar surface area (TPSA) is 63.2 Å². The molecular formula is C8H11NO3. The number of hydrogen-bond donors (Lipinski definition) is 1. The Balaban J connectivity index is 2.92. The van der Waals surface area contributed by atoms with Crippen LogP contribution in [0.15, 0.2) is 0 Å². The van der Waals surface area contributed by atoms with Gasteiger partial charge in [-0.15, -0.1) is 0 Å². The number of piperidine rings is 1. The molecule has 1 rings (SSSR count). The number of ketones is 1. The van der Waals surface area contributed by atoms with Crippen molar-refractivity contribution >= 4 is 18.0 Å². The van der Waals surface area contributed by atoms with Crippen molar-refractivity contribution in [1.29, 1.82) is 0 Å². The van der Waals surface area contributed by atoms with Gasteiger partial charge < -0.3 is 10.1 Å². The molecule has 1 unspecified atom stereocenters. The smallest absolute Gasteiger partial charge is 0.233 e. The van der Waals surface area contributed by atoms with Crippen molar-refractivity contribution in [2.24, 2.45) is 11.3 Å². The fourth-order valence-electron chi connectivity index (χ4n) is 1.20. The molecule has 66 valence electrons. The molecule has 1 N–H and O–H groups in total. The van der Waals surface area contributed by atoms with E-state index in [1.165, 1.54) is 13.8 Å². The van der Waals surface area contributed by atoms with Crippen molar-refractivity contribution < 1.29 is 14.4 Å². The molecule has 1 amide bonds. The van der Waals surface area contributed by atoms with Crippen molar-refractivity contribution in [2.75, 3.05) is 6.54 Å². The molecule has 0 aliphatic carbocycles. The van der Waals surface area contributed by atoms with Crippen LogP contribution in [0.4, 0.5) is 0 Å². The molecule has 1 fully saturated rings. The molecule has 0 spiro atoms. The Labute approximate surface area is 70.3 Å². The second kappa shape index (κ2) is 2.69. The normalized spacial score (nSPS) is 28.0. The molecule has 0 saturated carbocycles. The maximum absolute atomic E-state index is 11.4. The first kappa shape index (κ1) is 8.90. The Morgan fingerprint density at radius 3 is 2.58 bits per heavy atom. The van der Waals surface area contributed by atoms with Crippen LogP contribution in [-0.2, 0) is 14.4 Å². The van der Waals surface area contributed by atoms with Gasteiger partial charge in [0.1, 0.15) is 11.7 Å². The van der Waals surface area contributed by atoms with Gasteiger partial charge in [-0.2, -0.15) is 0 Å². The molecule has 0 aromatic heterocycles. The zero-order chi connectivity index (χ0) is 9.35. The summed E-state index contributed by atoms with van der Waals surface area (Å²) in [5.41, 5.74) is -1.05. The third-order valence-corrected chi connectivity index (χ3v) is 2.17. The van der Waals surface area contributed by atoms with Gasteiger partial charge in [0.25, 0.3) is 0 Å². The quantitative estimate of drug-likeness (QED) is 0.426. The molecule has 4 heteroatoms. The molecule has 0 aromatic rings. The Bertz CT molecular complexity index is 245. The standard InChI is InChI=1S/C8H11NO3/c1-8(2)6(11)5(4-10)3-9-7(8)12/h4-5H,3H2,1-2H3,(H,9,12). The van der Waals surface area contributed by atoms with E-state index in [0.29, 0.717) is 6.29 Å². The van der Waals surface area contributed by atoms with E-state index in [-0.39, 0.29) is 18.2 Å². The average molecular weight is 169 g/mol. The van der Waals surface area contributed by atoms with Gasteiger partial charge in [0.05, 0.1) is 5.92 Å². The highest BCUT2D eigenvalue weighted by molar-refractivity contribution is 6.12. The van der Waals surface area contributed by atoms with E-state index >= 15 is 0 Å². The van der Waals surface area contributed by atoms with Crippen LogP contribution in [0.25, 0.3) is 0 Å². The highest BCUT2D eigenvalue weighted by Gasteiger charge is 2.43. The summed E-state index contributed by atoms with van der Waals surface area (Å²) in [5.74, 6) is -1.26. The zero-order valence-electron chi connectivity index (χ0n) is 7.09. The van der Waals surface area contributed by atoms with E-state index in [9.17, 15) is 14.4 Å². The summed E-state index contributed by atoms with van der Waals surface area (Å²) in [6.45, 7) is 3.20. The minimum atomic E-state index is -1.05. The van der Waals surface area contributed by atoms with Crippen LogP contribution < -0.4 is 5.32 Å². The van der Waals surface area contributed by atoms with Crippen LogP contribution in [0.1, 0.15) is 13.8 Å². The number of carbonyl (C=O) groups is 3. The molecule has 0 bridgehead atoms. The number of nitrogens with one attached hydrogen (secondary N) is 1. The molecule has 1 heterocycles. The molecule has 0 aromatic carbocycles. The Hall–Kier alpha value is -1.19. The molecule has 1 atom stereocenters. The summed E-state index contributed by atoms with van der Waals surface area (Å²) in [7, 11) is 0. The first-order valence-electron chi connectivity index (χ1n) is 3.78. The lowest BCUT2D eigenvalue weighted by molar-refractivity contribution is -0.147. The van der Waals surface area contributed by atoms with Crippen LogP contribution in [0.5, 0.6) is 0 Å². The van der Waals surface area contributed by atoms with Gasteiger partial charge >= 0.3 is 0 Å². The molecular weight excluding hydrogens is 158 g/mol. The van der Waals surface area contributed by atoms with Crippen molar-refractivity contribution in [3.8, 4) is 0 Å². The summed E-state index contributed by atoms with van der Waals surface area (Å²) >= 11 is 0. The van der Waals surface area contributed by atoms with E-state index in [2.05, 4.69) is 5.32 Å². The van der Waals surface area contributed by atoms with Gasteiger partial charge in [-0.3, -0.25) is 9.59 Å². The first-order chi connectivity index (χ1) is 5.50. The Morgan fingerprint density at radius 1 is 1.50 bits per heavy atom. The third-order valence-electron chi connectivity index (χ3n) is 2.17. The molecule has 1 aliphatic rings. The molecule has 1 aliphatic heterocycles. The summed E-state index contributed by atoms with van der Waals surface area (Å²) in [5, 5.41) is 2.51. The zero-order valence-corrected chi connectivity index (χ0v) is 7.09. The van der Waals surface area contributed by atoms with Gasteiger partial charge in [-0.05, 0) is 13.8 Å². The van der Waals surface area contributed by atoms with Crippen molar-refractivity contribution in [1.82, 2.24) is 5.32 Å². The van der Waals surface area contributed by atoms with Crippen LogP contribution in [0.3, 0.4) is 0 Å². The summed E-state index contributed by atoms with van der Waals surface area (Å²) in [4.78, 5) is 32.9. The number of carbonyl (C=O) groups excluding carboxylic acids is 3. The summed E-state index contributed by atoms with van der Waals surface area (Å²) in [6, 6.07) is 0. The second-order valence-electron chi connectivity index (χ2n) is 3.44. The lowest BCUT2D eigenvalue weighted by Crippen LogP contribution is -2.54. The van der Waals surface area contributed by atoms with Gasteiger partial charge in [-0.1, -0.05) is 0 Å². The summed E-state index contributed by atoms with van der Waals surface area (Å²) in [6.07, 6.45) is 0.587. The first-order valence-corrected chi connectivity index (χ1v) is 3.78. The van der Waals surface area contributed by atoms with Crippen LogP contribution in [0, 0.1) is 11.3 Å². The number of amides is 1.